The normalized spacial score (nSPS) is 33.6. The molecule has 1 fully saturated rings. The van der Waals surface area contributed by atoms with Crippen molar-refractivity contribution in [3.63, 3.8) is 0 Å². The lowest BCUT2D eigenvalue weighted by Crippen LogP contribution is -2.53. The smallest absolute Gasteiger partial charge is 0.183 e. The van der Waals surface area contributed by atoms with Crippen LogP contribution in [0.15, 0.2) is 30.3 Å². The number of hydrogen-bond acceptors (Lipinski definition) is 5. The SMILES string of the molecule is O[C@@H]1[C@@H](OCc2ccccc2)[C@H](O)OC[C@H]1O. The lowest BCUT2D eigenvalue weighted by atomic mass is 10.1. The number of benzene rings is 1. The molecule has 94 valence electrons. The van der Waals surface area contributed by atoms with Crippen LogP contribution >= 0.6 is 0 Å². The molecule has 0 unspecified atom stereocenters. The van der Waals surface area contributed by atoms with E-state index >= 15 is 0 Å². The standard InChI is InChI=1S/C12H16O5/c13-9-7-17-12(15)11(10(9)14)16-6-8-4-2-1-3-5-8/h1-5,9-15H,6-7H2/t9-,10+,11-,12-/m1/s1. The van der Waals surface area contributed by atoms with Gasteiger partial charge in [0.15, 0.2) is 6.29 Å². The Kier molecular flexibility index (Phi) is 4.09. The second-order valence-electron chi connectivity index (χ2n) is 4.04. The summed E-state index contributed by atoms with van der Waals surface area (Å²) in [5.74, 6) is 0. The van der Waals surface area contributed by atoms with E-state index in [9.17, 15) is 15.3 Å². The summed E-state index contributed by atoms with van der Waals surface area (Å²) in [4.78, 5) is 0. The molecule has 1 saturated heterocycles. The average molecular weight is 240 g/mol. The fourth-order valence-electron chi connectivity index (χ4n) is 1.73. The third-order valence-corrected chi connectivity index (χ3v) is 2.73. The molecule has 1 heterocycles. The molecule has 0 aliphatic carbocycles. The molecule has 1 aliphatic heterocycles. The van der Waals surface area contributed by atoms with Gasteiger partial charge in [-0.05, 0) is 5.56 Å². The number of hydrogen-bond donors (Lipinski definition) is 3. The van der Waals surface area contributed by atoms with Crippen LogP contribution < -0.4 is 0 Å². The summed E-state index contributed by atoms with van der Waals surface area (Å²) in [6.07, 6.45) is -4.31. The number of rotatable bonds is 3. The Morgan fingerprint density at radius 1 is 1.18 bits per heavy atom. The summed E-state index contributed by atoms with van der Waals surface area (Å²) < 4.78 is 10.3. The van der Waals surface area contributed by atoms with Gasteiger partial charge in [-0.3, -0.25) is 0 Å². The first-order valence-corrected chi connectivity index (χ1v) is 5.50. The van der Waals surface area contributed by atoms with E-state index in [1.165, 1.54) is 0 Å². The summed E-state index contributed by atoms with van der Waals surface area (Å²) in [6, 6.07) is 9.38. The zero-order chi connectivity index (χ0) is 12.3. The van der Waals surface area contributed by atoms with Gasteiger partial charge >= 0.3 is 0 Å². The van der Waals surface area contributed by atoms with E-state index in [1.54, 1.807) is 0 Å². The Morgan fingerprint density at radius 3 is 2.59 bits per heavy atom. The van der Waals surface area contributed by atoms with Crippen LogP contribution in [0.1, 0.15) is 5.56 Å². The van der Waals surface area contributed by atoms with Crippen molar-refractivity contribution in [2.75, 3.05) is 6.61 Å². The molecule has 0 spiro atoms. The molecule has 5 nitrogen and oxygen atoms in total. The molecule has 4 atom stereocenters. The molecule has 2 rings (SSSR count). The Balaban J connectivity index is 1.93. The molecule has 0 aromatic heterocycles. The van der Waals surface area contributed by atoms with Crippen molar-refractivity contribution >= 4 is 0 Å². The van der Waals surface area contributed by atoms with Crippen molar-refractivity contribution in [2.24, 2.45) is 0 Å². The van der Waals surface area contributed by atoms with Crippen molar-refractivity contribution in [3.8, 4) is 0 Å². The largest absolute Gasteiger partial charge is 0.388 e. The maximum atomic E-state index is 9.67. The van der Waals surface area contributed by atoms with Crippen LogP contribution in [0.4, 0.5) is 0 Å². The zero-order valence-electron chi connectivity index (χ0n) is 9.27. The van der Waals surface area contributed by atoms with E-state index in [-0.39, 0.29) is 13.2 Å². The maximum Gasteiger partial charge on any atom is 0.183 e. The number of ether oxygens (including phenoxy) is 2. The molecule has 0 saturated carbocycles. The Labute approximate surface area is 99.2 Å². The van der Waals surface area contributed by atoms with Crippen LogP contribution in [-0.4, -0.2) is 46.5 Å². The predicted octanol–water partition coefficient (Wildman–Crippen LogP) is -0.358. The second-order valence-corrected chi connectivity index (χ2v) is 4.04. The van der Waals surface area contributed by atoms with Crippen LogP contribution in [-0.2, 0) is 16.1 Å². The highest BCUT2D eigenvalue weighted by atomic mass is 16.6. The first-order valence-electron chi connectivity index (χ1n) is 5.50. The number of aliphatic hydroxyl groups is 3. The van der Waals surface area contributed by atoms with E-state index in [2.05, 4.69) is 0 Å². The molecule has 0 radical (unpaired) electrons. The lowest BCUT2D eigenvalue weighted by molar-refractivity contribution is -0.267. The van der Waals surface area contributed by atoms with Crippen LogP contribution in [0.25, 0.3) is 0 Å². The molecule has 0 bridgehead atoms. The molecular weight excluding hydrogens is 224 g/mol. The van der Waals surface area contributed by atoms with Gasteiger partial charge in [0, 0.05) is 0 Å². The summed E-state index contributed by atoms with van der Waals surface area (Å²) in [7, 11) is 0. The monoisotopic (exact) mass is 240 g/mol. The van der Waals surface area contributed by atoms with Gasteiger partial charge in [0.05, 0.1) is 13.2 Å². The van der Waals surface area contributed by atoms with Gasteiger partial charge in [0.2, 0.25) is 0 Å². The minimum atomic E-state index is -1.21. The number of aliphatic hydroxyl groups excluding tert-OH is 3. The molecule has 5 heteroatoms. The highest BCUT2D eigenvalue weighted by molar-refractivity contribution is 5.13. The van der Waals surface area contributed by atoms with E-state index in [4.69, 9.17) is 9.47 Å². The topological polar surface area (TPSA) is 79.2 Å². The van der Waals surface area contributed by atoms with Crippen molar-refractivity contribution in [2.45, 2.75) is 31.2 Å². The van der Waals surface area contributed by atoms with Gasteiger partial charge in [0.25, 0.3) is 0 Å². The van der Waals surface area contributed by atoms with Crippen LogP contribution in [0.3, 0.4) is 0 Å². The minimum Gasteiger partial charge on any atom is -0.388 e. The second kappa shape index (κ2) is 5.57. The fourth-order valence-corrected chi connectivity index (χ4v) is 1.73. The first-order chi connectivity index (χ1) is 8.18. The molecule has 3 N–H and O–H groups in total. The van der Waals surface area contributed by atoms with Crippen molar-refractivity contribution in [1.29, 1.82) is 0 Å². The summed E-state index contributed by atoms with van der Waals surface area (Å²) >= 11 is 0. The van der Waals surface area contributed by atoms with E-state index in [1.807, 2.05) is 30.3 Å². The van der Waals surface area contributed by atoms with Crippen molar-refractivity contribution in [3.05, 3.63) is 35.9 Å². The zero-order valence-corrected chi connectivity index (χ0v) is 9.27. The van der Waals surface area contributed by atoms with Gasteiger partial charge in [0.1, 0.15) is 18.3 Å². The molecule has 0 amide bonds. The van der Waals surface area contributed by atoms with E-state index < -0.39 is 24.6 Å². The summed E-state index contributed by atoms with van der Waals surface area (Å²) in [5, 5.41) is 28.6. The third-order valence-electron chi connectivity index (χ3n) is 2.73. The molecular formula is C12H16O5. The molecule has 17 heavy (non-hydrogen) atoms. The van der Waals surface area contributed by atoms with Gasteiger partial charge in [-0.2, -0.15) is 0 Å². The van der Waals surface area contributed by atoms with Gasteiger partial charge < -0.3 is 24.8 Å². The Morgan fingerprint density at radius 2 is 1.88 bits per heavy atom. The highest BCUT2D eigenvalue weighted by Crippen LogP contribution is 2.18. The average Bonchev–Trinajstić information content (AvgIpc) is 2.35. The van der Waals surface area contributed by atoms with Crippen molar-refractivity contribution < 1.29 is 24.8 Å². The Hall–Kier alpha value is -0.980. The van der Waals surface area contributed by atoms with E-state index in [0.29, 0.717) is 0 Å². The highest BCUT2D eigenvalue weighted by Gasteiger charge is 2.38. The van der Waals surface area contributed by atoms with Crippen LogP contribution in [0, 0.1) is 0 Å². The summed E-state index contributed by atoms with van der Waals surface area (Å²) in [6.45, 7) is 0.156. The summed E-state index contributed by atoms with van der Waals surface area (Å²) in [5.41, 5.74) is 0.923. The fraction of sp³-hybridized carbons (Fsp3) is 0.500. The molecule has 1 aromatic carbocycles. The Bertz CT molecular complexity index is 342. The van der Waals surface area contributed by atoms with Gasteiger partial charge in [-0.1, -0.05) is 30.3 Å². The molecule has 1 aromatic rings. The van der Waals surface area contributed by atoms with Crippen LogP contribution in [0.2, 0.25) is 0 Å². The quantitative estimate of drug-likeness (QED) is 0.672. The maximum absolute atomic E-state index is 9.67. The van der Waals surface area contributed by atoms with Crippen molar-refractivity contribution in [1.82, 2.24) is 0 Å². The van der Waals surface area contributed by atoms with Gasteiger partial charge in [-0.25, -0.2) is 0 Å². The molecule has 1 aliphatic rings. The lowest BCUT2D eigenvalue weighted by Gasteiger charge is -2.35. The first kappa shape index (κ1) is 12.5. The van der Waals surface area contributed by atoms with Gasteiger partial charge in [-0.15, -0.1) is 0 Å². The van der Waals surface area contributed by atoms with Crippen LogP contribution in [0.5, 0.6) is 0 Å². The predicted molar refractivity (Wildman–Crippen MR) is 59.0 cm³/mol. The minimum absolute atomic E-state index is 0.0898. The third kappa shape index (κ3) is 3.02. The van der Waals surface area contributed by atoms with E-state index in [0.717, 1.165) is 5.56 Å².